The van der Waals surface area contributed by atoms with E-state index >= 15 is 0 Å². The van der Waals surface area contributed by atoms with Gasteiger partial charge in [-0.05, 0) is 30.3 Å². The first-order chi connectivity index (χ1) is 13.3. The van der Waals surface area contributed by atoms with Crippen molar-refractivity contribution in [1.82, 2.24) is 9.78 Å². The van der Waals surface area contributed by atoms with Gasteiger partial charge in [-0.3, -0.25) is 9.48 Å². The summed E-state index contributed by atoms with van der Waals surface area (Å²) in [6.45, 7) is 3.49. The van der Waals surface area contributed by atoms with Crippen LogP contribution in [0.5, 0.6) is 0 Å². The largest absolute Gasteiger partial charge is 0.378 e. The van der Waals surface area contributed by atoms with Crippen molar-refractivity contribution in [3.8, 4) is 11.3 Å². The second-order valence-electron chi connectivity index (χ2n) is 6.46. The number of aromatic nitrogens is 2. The fraction of sp³-hybridized carbons (Fsp3) is 0.238. The van der Waals surface area contributed by atoms with Crippen LogP contribution in [0, 0.1) is 0 Å². The highest BCUT2D eigenvalue weighted by atomic mass is 16.5. The number of amides is 1. The predicted molar refractivity (Wildman–Crippen MR) is 106 cm³/mol. The Morgan fingerprint density at radius 3 is 2.48 bits per heavy atom. The summed E-state index contributed by atoms with van der Waals surface area (Å²) in [7, 11) is 0. The molecular formula is C21H22N4O2. The summed E-state index contributed by atoms with van der Waals surface area (Å²) in [5.41, 5.74) is 3.83. The molecule has 3 aromatic rings. The molecule has 0 aliphatic carbocycles. The van der Waals surface area contributed by atoms with Gasteiger partial charge in [0, 0.05) is 36.2 Å². The average Bonchev–Trinajstić information content (AvgIpc) is 3.18. The Bertz CT molecular complexity index is 884. The second kappa shape index (κ2) is 8.05. The molecule has 27 heavy (non-hydrogen) atoms. The van der Waals surface area contributed by atoms with Crippen LogP contribution in [0.25, 0.3) is 11.3 Å². The van der Waals surface area contributed by atoms with Crippen molar-refractivity contribution in [3.63, 3.8) is 0 Å². The highest BCUT2D eigenvalue weighted by Gasteiger charge is 2.11. The number of carbonyl (C=O) groups excluding carboxylic acids is 1. The van der Waals surface area contributed by atoms with Crippen LogP contribution in [-0.4, -0.2) is 42.0 Å². The summed E-state index contributed by atoms with van der Waals surface area (Å²) in [5.74, 6) is -0.100. The van der Waals surface area contributed by atoms with Crippen LogP contribution in [0.2, 0.25) is 0 Å². The molecular weight excluding hydrogens is 340 g/mol. The zero-order valence-corrected chi connectivity index (χ0v) is 15.0. The molecule has 0 bridgehead atoms. The SMILES string of the molecule is O=C(Cn1ccc(-c2ccccc2)n1)Nc1ccc(N2CCOCC2)cc1. The van der Waals surface area contributed by atoms with Gasteiger partial charge in [0.05, 0.1) is 18.9 Å². The Labute approximate surface area is 158 Å². The molecule has 1 aromatic heterocycles. The van der Waals surface area contributed by atoms with Gasteiger partial charge in [0.15, 0.2) is 0 Å². The molecule has 1 saturated heterocycles. The standard InChI is InChI=1S/C21H22N4O2/c26-21(16-25-11-10-20(23-25)17-4-2-1-3-5-17)22-18-6-8-19(9-7-18)24-12-14-27-15-13-24/h1-11H,12-16H2,(H,22,26). The van der Waals surface area contributed by atoms with Crippen LogP contribution in [0.4, 0.5) is 11.4 Å². The number of nitrogens with zero attached hydrogens (tertiary/aromatic N) is 3. The molecule has 2 aromatic carbocycles. The van der Waals surface area contributed by atoms with Crippen molar-refractivity contribution >= 4 is 17.3 Å². The maximum atomic E-state index is 12.3. The van der Waals surface area contributed by atoms with Crippen LogP contribution in [0.3, 0.4) is 0 Å². The number of morpholine rings is 1. The minimum absolute atomic E-state index is 0.100. The summed E-state index contributed by atoms with van der Waals surface area (Å²) in [4.78, 5) is 14.6. The molecule has 4 rings (SSSR count). The summed E-state index contributed by atoms with van der Waals surface area (Å²) >= 11 is 0. The Morgan fingerprint density at radius 2 is 1.74 bits per heavy atom. The lowest BCUT2D eigenvalue weighted by Crippen LogP contribution is -2.36. The summed E-state index contributed by atoms with van der Waals surface area (Å²) in [6.07, 6.45) is 1.82. The van der Waals surface area contributed by atoms with Crippen LogP contribution < -0.4 is 10.2 Å². The molecule has 6 heteroatoms. The number of ether oxygens (including phenoxy) is 1. The third-order valence-electron chi connectivity index (χ3n) is 4.54. The molecule has 0 spiro atoms. The normalized spacial score (nSPS) is 14.1. The van der Waals surface area contributed by atoms with Gasteiger partial charge in [-0.1, -0.05) is 30.3 Å². The van der Waals surface area contributed by atoms with Crippen LogP contribution in [-0.2, 0) is 16.1 Å². The fourth-order valence-electron chi connectivity index (χ4n) is 3.14. The third-order valence-corrected chi connectivity index (χ3v) is 4.54. The van der Waals surface area contributed by atoms with E-state index in [1.54, 1.807) is 4.68 Å². The van der Waals surface area contributed by atoms with Gasteiger partial charge in [0.2, 0.25) is 5.91 Å². The first kappa shape index (κ1) is 17.3. The highest BCUT2D eigenvalue weighted by molar-refractivity contribution is 5.90. The number of hydrogen-bond donors (Lipinski definition) is 1. The maximum absolute atomic E-state index is 12.3. The summed E-state index contributed by atoms with van der Waals surface area (Å²) < 4.78 is 7.03. The van der Waals surface area contributed by atoms with E-state index in [1.165, 1.54) is 0 Å². The monoisotopic (exact) mass is 362 g/mol. The van der Waals surface area contributed by atoms with E-state index in [1.807, 2.05) is 66.9 Å². The zero-order chi connectivity index (χ0) is 18.5. The lowest BCUT2D eigenvalue weighted by Gasteiger charge is -2.28. The van der Waals surface area contributed by atoms with E-state index in [0.717, 1.165) is 48.9 Å². The van der Waals surface area contributed by atoms with E-state index in [2.05, 4.69) is 15.3 Å². The molecule has 1 aliphatic heterocycles. The highest BCUT2D eigenvalue weighted by Crippen LogP contribution is 2.19. The van der Waals surface area contributed by atoms with Gasteiger partial charge in [0.1, 0.15) is 6.54 Å². The maximum Gasteiger partial charge on any atom is 0.246 e. The van der Waals surface area contributed by atoms with Crippen molar-refractivity contribution in [3.05, 3.63) is 66.9 Å². The van der Waals surface area contributed by atoms with Crippen molar-refractivity contribution in [2.45, 2.75) is 6.54 Å². The Hall–Kier alpha value is -3.12. The Balaban J connectivity index is 1.35. The summed E-state index contributed by atoms with van der Waals surface area (Å²) in [5, 5.41) is 7.40. The fourth-order valence-corrected chi connectivity index (χ4v) is 3.14. The van der Waals surface area contributed by atoms with Gasteiger partial charge >= 0.3 is 0 Å². The molecule has 0 saturated carbocycles. The molecule has 138 valence electrons. The van der Waals surface area contributed by atoms with Crippen molar-refractivity contribution in [2.75, 3.05) is 36.5 Å². The van der Waals surface area contributed by atoms with E-state index in [-0.39, 0.29) is 12.5 Å². The van der Waals surface area contributed by atoms with Crippen molar-refractivity contribution < 1.29 is 9.53 Å². The predicted octanol–water partition coefficient (Wildman–Crippen LogP) is 3.03. The molecule has 6 nitrogen and oxygen atoms in total. The lowest BCUT2D eigenvalue weighted by atomic mass is 10.2. The van der Waals surface area contributed by atoms with Gasteiger partial charge in [-0.15, -0.1) is 0 Å². The number of rotatable bonds is 5. The van der Waals surface area contributed by atoms with E-state index in [4.69, 9.17) is 4.74 Å². The number of carbonyl (C=O) groups is 1. The number of benzene rings is 2. The topological polar surface area (TPSA) is 59.4 Å². The van der Waals surface area contributed by atoms with Gasteiger partial charge in [-0.25, -0.2) is 0 Å². The molecule has 2 heterocycles. The third kappa shape index (κ3) is 4.35. The average molecular weight is 362 g/mol. The van der Waals surface area contributed by atoms with Crippen LogP contribution >= 0.6 is 0 Å². The smallest absolute Gasteiger partial charge is 0.246 e. The van der Waals surface area contributed by atoms with Crippen LogP contribution in [0.15, 0.2) is 66.9 Å². The quantitative estimate of drug-likeness (QED) is 0.758. The van der Waals surface area contributed by atoms with E-state index in [0.29, 0.717) is 0 Å². The molecule has 1 fully saturated rings. The van der Waals surface area contributed by atoms with Gasteiger partial charge in [0.25, 0.3) is 0 Å². The minimum Gasteiger partial charge on any atom is -0.378 e. The molecule has 1 N–H and O–H groups in total. The first-order valence-electron chi connectivity index (χ1n) is 9.09. The number of nitrogens with one attached hydrogen (secondary N) is 1. The molecule has 0 unspecified atom stereocenters. The van der Waals surface area contributed by atoms with Gasteiger partial charge < -0.3 is 15.0 Å². The molecule has 1 amide bonds. The second-order valence-corrected chi connectivity index (χ2v) is 6.46. The van der Waals surface area contributed by atoms with E-state index in [9.17, 15) is 4.79 Å². The molecule has 0 radical (unpaired) electrons. The van der Waals surface area contributed by atoms with E-state index < -0.39 is 0 Å². The molecule has 1 aliphatic rings. The summed E-state index contributed by atoms with van der Waals surface area (Å²) in [6, 6.07) is 19.8. The first-order valence-corrected chi connectivity index (χ1v) is 9.09. The molecule has 0 atom stereocenters. The Morgan fingerprint density at radius 1 is 1.00 bits per heavy atom. The number of hydrogen-bond acceptors (Lipinski definition) is 4. The minimum atomic E-state index is -0.100. The lowest BCUT2D eigenvalue weighted by molar-refractivity contribution is -0.116. The van der Waals surface area contributed by atoms with Crippen molar-refractivity contribution in [1.29, 1.82) is 0 Å². The van der Waals surface area contributed by atoms with Crippen molar-refractivity contribution in [2.24, 2.45) is 0 Å². The van der Waals surface area contributed by atoms with Crippen LogP contribution in [0.1, 0.15) is 0 Å². The number of anilines is 2. The van der Waals surface area contributed by atoms with Gasteiger partial charge in [-0.2, -0.15) is 5.10 Å². The Kier molecular flexibility index (Phi) is 5.16. The zero-order valence-electron chi connectivity index (χ0n) is 15.0.